The maximum atomic E-state index is 11.7. The van der Waals surface area contributed by atoms with Crippen LogP contribution in [0.2, 0.25) is 0 Å². The number of fused-ring (bicyclic) bond motifs is 1. The van der Waals surface area contributed by atoms with E-state index in [9.17, 15) is 14.4 Å². The monoisotopic (exact) mass is 232 g/mol. The molecule has 0 bridgehead atoms. The fraction of sp³-hybridized carbons (Fsp3) is 0.0833. The summed E-state index contributed by atoms with van der Waals surface area (Å²) in [7, 11) is 0. The van der Waals surface area contributed by atoms with Gasteiger partial charge in [-0.15, -0.1) is 0 Å². The van der Waals surface area contributed by atoms with Gasteiger partial charge >= 0.3 is 6.16 Å². The molecule has 17 heavy (non-hydrogen) atoms. The molecule has 5 nitrogen and oxygen atoms in total. The minimum absolute atomic E-state index is 0.0409. The van der Waals surface area contributed by atoms with Crippen LogP contribution in [0.5, 0.6) is 0 Å². The van der Waals surface area contributed by atoms with Crippen molar-refractivity contribution in [2.75, 3.05) is 0 Å². The molecule has 1 aromatic carbocycles. The quantitative estimate of drug-likeness (QED) is 0.587. The highest BCUT2D eigenvalue weighted by Gasteiger charge is 2.24. The zero-order valence-electron chi connectivity index (χ0n) is 8.67. The third-order valence-electron chi connectivity index (χ3n) is 2.36. The topological polar surface area (TPSA) is 80.7 Å². The van der Waals surface area contributed by atoms with Crippen LogP contribution in [0, 0.1) is 0 Å². The molecular weight excluding hydrogens is 224 g/mol. The van der Waals surface area contributed by atoms with Gasteiger partial charge < -0.3 is 9.84 Å². The summed E-state index contributed by atoms with van der Waals surface area (Å²) >= 11 is 0. The third-order valence-corrected chi connectivity index (χ3v) is 2.36. The van der Waals surface area contributed by atoms with Gasteiger partial charge in [-0.3, -0.25) is 9.59 Å². The van der Waals surface area contributed by atoms with Crippen molar-refractivity contribution in [3.05, 3.63) is 47.2 Å². The van der Waals surface area contributed by atoms with Crippen LogP contribution in [0.25, 0.3) is 0 Å². The smallest absolute Gasteiger partial charge is 0.449 e. The summed E-state index contributed by atoms with van der Waals surface area (Å²) in [4.78, 5) is 33.6. The fourth-order valence-electron chi connectivity index (χ4n) is 1.66. The lowest BCUT2D eigenvalue weighted by Gasteiger charge is -2.05. The van der Waals surface area contributed by atoms with E-state index in [2.05, 4.69) is 4.74 Å². The second-order valence-electron chi connectivity index (χ2n) is 3.51. The molecule has 0 saturated heterocycles. The fourth-order valence-corrected chi connectivity index (χ4v) is 1.66. The van der Waals surface area contributed by atoms with Crippen LogP contribution >= 0.6 is 0 Å². The standard InChI is InChI=1S/C12H8O5/c13-10-6-8(17-12(15)16)5-7-3-1-2-4-9(7)11(10)14/h1-4,6H,5H2,(H,15,16). The number of hydrogen-bond acceptors (Lipinski definition) is 4. The minimum atomic E-state index is -1.50. The molecule has 0 aliphatic heterocycles. The highest BCUT2D eigenvalue weighted by molar-refractivity contribution is 6.48. The molecule has 0 spiro atoms. The highest BCUT2D eigenvalue weighted by atomic mass is 16.7. The summed E-state index contributed by atoms with van der Waals surface area (Å²) in [5.74, 6) is -1.46. The number of ketones is 2. The molecule has 0 heterocycles. The van der Waals surface area contributed by atoms with E-state index in [-0.39, 0.29) is 17.7 Å². The average molecular weight is 232 g/mol. The maximum Gasteiger partial charge on any atom is 0.511 e. The van der Waals surface area contributed by atoms with E-state index >= 15 is 0 Å². The molecule has 0 unspecified atom stereocenters. The molecule has 2 rings (SSSR count). The lowest BCUT2D eigenvalue weighted by Crippen LogP contribution is -2.11. The molecule has 5 heteroatoms. The van der Waals surface area contributed by atoms with Crippen molar-refractivity contribution in [3.8, 4) is 0 Å². The molecule has 0 amide bonds. The van der Waals surface area contributed by atoms with Gasteiger partial charge in [-0.2, -0.15) is 0 Å². The number of carbonyl (C=O) groups excluding carboxylic acids is 2. The molecular formula is C12H8O5. The van der Waals surface area contributed by atoms with Crippen LogP contribution in [0.4, 0.5) is 4.79 Å². The maximum absolute atomic E-state index is 11.7. The Morgan fingerprint density at radius 3 is 2.65 bits per heavy atom. The SMILES string of the molecule is O=C(O)OC1=CC(=O)C(=O)c2ccccc2C1. The van der Waals surface area contributed by atoms with E-state index in [0.717, 1.165) is 6.08 Å². The van der Waals surface area contributed by atoms with Gasteiger partial charge in [0.1, 0.15) is 5.76 Å². The Morgan fingerprint density at radius 2 is 1.94 bits per heavy atom. The zero-order chi connectivity index (χ0) is 12.4. The van der Waals surface area contributed by atoms with Gasteiger partial charge in [0.15, 0.2) is 0 Å². The van der Waals surface area contributed by atoms with Crippen molar-refractivity contribution in [3.63, 3.8) is 0 Å². The van der Waals surface area contributed by atoms with Crippen molar-refractivity contribution in [2.24, 2.45) is 0 Å². The third kappa shape index (κ3) is 2.23. The van der Waals surface area contributed by atoms with E-state index in [1.165, 1.54) is 6.07 Å². The van der Waals surface area contributed by atoms with Gasteiger partial charge in [-0.25, -0.2) is 4.79 Å². The van der Waals surface area contributed by atoms with E-state index in [1.54, 1.807) is 18.2 Å². The van der Waals surface area contributed by atoms with Crippen molar-refractivity contribution in [1.82, 2.24) is 0 Å². The molecule has 0 aromatic heterocycles. The lowest BCUT2D eigenvalue weighted by atomic mass is 10.0. The number of benzene rings is 1. The molecule has 1 N–H and O–H groups in total. The van der Waals surface area contributed by atoms with Crippen LogP contribution in [0.1, 0.15) is 15.9 Å². The summed E-state index contributed by atoms with van der Waals surface area (Å²) in [5.41, 5.74) is 0.869. The Hall–Kier alpha value is -2.43. The minimum Gasteiger partial charge on any atom is -0.449 e. The highest BCUT2D eigenvalue weighted by Crippen LogP contribution is 2.19. The molecule has 86 valence electrons. The Kier molecular flexibility index (Phi) is 2.74. The number of ether oxygens (including phenoxy) is 1. The Balaban J connectivity index is 2.44. The second-order valence-corrected chi connectivity index (χ2v) is 3.51. The van der Waals surface area contributed by atoms with Crippen LogP contribution in [-0.2, 0) is 16.0 Å². The Bertz CT molecular complexity index is 542. The zero-order valence-corrected chi connectivity index (χ0v) is 8.67. The summed E-state index contributed by atoms with van der Waals surface area (Å²) in [6.45, 7) is 0. The number of hydrogen-bond donors (Lipinski definition) is 1. The van der Waals surface area contributed by atoms with E-state index in [1.807, 2.05) is 0 Å². The first kappa shape index (κ1) is 11.1. The van der Waals surface area contributed by atoms with Crippen molar-refractivity contribution in [2.45, 2.75) is 6.42 Å². The van der Waals surface area contributed by atoms with Crippen LogP contribution in [0.15, 0.2) is 36.1 Å². The van der Waals surface area contributed by atoms with Gasteiger partial charge in [-0.1, -0.05) is 24.3 Å². The molecule has 1 aromatic rings. The largest absolute Gasteiger partial charge is 0.511 e. The van der Waals surface area contributed by atoms with Gasteiger partial charge in [0.2, 0.25) is 11.6 Å². The van der Waals surface area contributed by atoms with Crippen molar-refractivity contribution < 1.29 is 24.2 Å². The summed E-state index contributed by atoms with van der Waals surface area (Å²) in [6.07, 6.45) is -0.466. The summed E-state index contributed by atoms with van der Waals surface area (Å²) in [5, 5.41) is 8.50. The molecule has 0 atom stereocenters. The molecule has 1 aliphatic carbocycles. The normalized spacial score (nSPS) is 14.7. The molecule has 0 fully saturated rings. The molecule has 0 saturated carbocycles. The number of allylic oxidation sites excluding steroid dienone is 2. The van der Waals surface area contributed by atoms with Crippen LogP contribution in [-0.4, -0.2) is 22.8 Å². The van der Waals surface area contributed by atoms with Gasteiger partial charge in [0, 0.05) is 18.1 Å². The first-order valence-electron chi connectivity index (χ1n) is 4.86. The van der Waals surface area contributed by atoms with Crippen LogP contribution < -0.4 is 0 Å². The molecule has 1 aliphatic rings. The summed E-state index contributed by atoms with van der Waals surface area (Å²) < 4.78 is 4.45. The Morgan fingerprint density at radius 1 is 1.24 bits per heavy atom. The predicted molar refractivity (Wildman–Crippen MR) is 56.7 cm³/mol. The predicted octanol–water partition coefficient (Wildman–Crippen LogP) is 1.57. The van der Waals surface area contributed by atoms with Gasteiger partial charge in [0.25, 0.3) is 0 Å². The van der Waals surface area contributed by atoms with E-state index < -0.39 is 17.7 Å². The van der Waals surface area contributed by atoms with Crippen molar-refractivity contribution >= 4 is 17.7 Å². The number of Topliss-reactive ketones (excluding diaryl/α,β-unsaturated/α-hetero) is 1. The number of carbonyl (C=O) groups is 3. The average Bonchev–Trinajstić information content (AvgIpc) is 2.37. The number of carboxylic acid groups (broad SMARTS) is 1. The van der Waals surface area contributed by atoms with Crippen molar-refractivity contribution in [1.29, 1.82) is 0 Å². The molecule has 0 radical (unpaired) electrons. The first-order chi connectivity index (χ1) is 8.08. The van der Waals surface area contributed by atoms with Gasteiger partial charge in [0.05, 0.1) is 0 Å². The Labute approximate surface area is 96.3 Å². The van der Waals surface area contributed by atoms with E-state index in [4.69, 9.17) is 5.11 Å². The van der Waals surface area contributed by atoms with Gasteiger partial charge in [-0.05, 0) is 5.56 Å². The number of rotatable bonds is 1. The van der Waals surface area contributed by atoms with E-state index in [0.29, 0.717) is 5.56 Å². The lowest BCUT2D eigenvalue weighted by molar-refractivity contribution is -0.111. The second kappa shape index (κ2) is 4.21. The van der Waals surface area contributed by atoms with Crippen LogP contribution in [0.3, 0.4) is 0 Å². The summed E-state index contributed by atoms with van der Waals surface area (Å²) in [6, 6.07) is 6.55. The first-order valence-corrected chi connectivity index (χ1v) is 4.86.